The van der Waals surface area contributed by atoms with Gasteiger partial charge in [-0.3, -0.25) is 0 Å². The van der Waals surface area contributed by atoms with Crippen molar-refractivity contribution in [2.45, 2.75) is 0 Å². The third kappa shape index (κ3) is 225. The van der Waals surface area contributed by atoms with Crippen LogP contribution in [-0.2, 0) is 9.13 Å². The summed E-state index contributed by atoms with van der Waals surface area (Å²) in [6.45, 7) is 0. The van der Waals surface area contributed by atoms with Gasteiger partial charge in [0.15, 0.2) is 0 Å². The third-order valence-electron chi connectivity index (χ3n) is 0. The van der Waals surface area contributed by atoms with E-state index in [0.717, 1.165) is 0 Å². The van der Waals surface area contributed by atoms with Crippen molar-refractivity contribution in [3.63, 3.8) is 0 Å². The van der Waals surface area contributed by atoms with Crippen LogP contribution in [0.15, 0.2) is 0 Å². The first-order valence-electron chi connectivity index (χ1n) is 1.46. The molecule has 0 amide bonds. The van der Waals surface area contributed by atoms with E-state index < -0.39 is 15.6 Å². The normalized spacial score (nSPS) is 8.43. The first kappa shape index (κ1) is 36.1. The van der Waals surface area contributed by atoms with Gasteiger partial charge in [0.2, 0.25) is 0 Å². The predicted molar refractivity (Wildman–Crippen MR) is 41.0 cm³/mol. The van der Waals surface area contributed by atoms with E-state index in [1.165, 1.54) is 0 Å². The molecule has 0 bridgehead atoms. The minimum atomic E-state index is -5.39. The maximum absolute atomic E-state index is 8.55. The van der Waals surface area contributed by atoms with Gasteiger partial charge in [-0.15, -0.1) is 0 Å². The van der Waals surface area contributed by atoms with E-state index in [1.54, 1.807) is 0 Å². The second-order valence-corrected chi connectivity index (χ2v) is 2.68. The summed E-state index contributed by atoms with van der Waals surface area (Å²) in [4.78, 5) is 51.3. The molecule has 0 radical (unpaired) electrons. The van der Waals surface area contributed by atoms with Crippen LogP contribution in [0.1, 0.15) is 0 Å². The summed E-state index contributed by atoms with van der Waals surface area (Å²) in [5.41, 5.74) is 0. The van der Waals surface area contributed by atoms with Gasteiger partial charge in [0, 0.05) is 0 Å². The van der Waals surface area contributed by atoms with E-state index in [-0.39, 0.29) is 115 Å². The predicted octanol–water partition coefficient (Wildman–Crippen LogP) is -7.71. The summed E-state index contributed by atoms with van der Waals surface area (Å²) in [5.74, 6) is 0. The topological polar surface area (TPSA) is 172 Å². The van der Waals surface area contributed by atoms with Crippen LogP contribution in [0.5, 0.6) is 0 Å². The summed E-state index contributed by atoms with van der Waals surface area (Å²) >= 11 is 0. The summed E-state index contributed by atoms with van der Waals surface area (Å²) in [6, 6.07) is 0. The molecule has 0 unspecified atom stereocenters. The molecule has 0 aromatic heterocycles. The molecule has 0 saturated heterocycles. The van der Waals surface area contributed by atoms with Gasteiger partial charge >= 0.3 is 115 Å². The first-order chi connectivity index (χ1) is 4.00. The van der Waals surface area contributed by atoms with E-state index in [0.29, 0.717) is 0 Å². The first-order valence-corrected chi connectivity index (χ1v) is 4.38. The Morgan fingerprint density at radius 2 is 0.571 bits per heavy atom. The Labute approximate surface area is 165 Å². The van der Waals surface area contributed by atoms with E-state index in [9.17, 15) is 0 Å². The van der Waals surface area contributed by atoms with Gasteiger partial charge in [0.05, 0.1) is 0 Å². The maximum atomic E-state index is 8.55. The monoisotopic (exact) mass is 352 g/mol. The summed E-state index contributed by atoms with van der Waals surface area (Å²) in [6.07, 6.45) is 0. The molecule has 0 rings (SSSR count). The average Bonchev–Trinajstić information content (AvgIpc) is 1.12. The number of rotatable bonds is 0. The van der Waals surface area contributed by atoms with Gasteiger partial charge in [-0.25, -0.2) is 0 Å². The average molecular weight is 352 g/mol. The van der Waals surface area contributed by atoms with Crippen LogP contribution < -0.4 is 29.4 Å². The molecule has 8 nitrogen and oxygen atoms in total. The van der Waals surface area contributed by atoms with Crippen molar-refractivity contribution in [3.05, 3.63) is 0 Å². The molecule has 68 valence electrons. The van der Waals surface area contributed by atoms with E-state index >= 15 is 0 Å². The van der Waals surface area contributed by atoms with Crippen molar-refractivity contribution >= 4 is 130 Å². The number of hydrogen-bond acceptors (Lipinski definition) is 8. The van der Waals surface area contributed by atoms with Gasteiger partial charge < -0.3 is 38.5 Å². The molecule has 0 spiro atoms. The van der Waals surface area contributed by atoms with Crippen molar-refractivity contribution in [1.82, 2.24) is 0 Å². The number of hydrogen-bond donors (Lipinski definition) is 0. The molecule has 0 aliphatic rings. The van der Waals surface area contributed by atoms with E-state index in [1.807, 2.05) is 0 Å². The molecule has 14 heavy (non-hydrogen) atoms. The molecule has 0 aromatic carbocycles. The summed E-state index contributed by atoms with van der Waals surface area (Å²) in [7, 11) is -10.8. The molecular formula is H2Mg3O8P2Sr. The fourth-order valence-corrected chi connectivity index (χ4v) is 0. The van der Waals surface area contributed by atoms with Crippen molar-refractivity contribution in [2.24, 2.45) is 0 Å². The van der Waals surface area contributed by atoms with E-state index in [2.05, 4.69) is 0 Å². The molecule has 0 saturated carbocycles. The fourth-order valence-electron chi connectivity index (χ4n) is 0. The SMILES string of the molecule is O=P([O-])([O-])[O-].O=P([O-])([O-])[O-].[Mg+2].[Mg+2].[Mg+2].[SrH2]. The van der Waals surface area contributed by atoms with Gasteiger partial charge in [-0.05, 0) is 0 Å². The van der Waals surface area contributed by atoms with Crippen LogP contribution >= 0.6 is 15.6 Å². The summed E-state index contributed by atoms with van der Waals surface area (Å²) < 4.78 is 17.1. The molecule has 0 N–H and O–H groups in total. The molecule has 0 heterocycles. The Morgan fingerprint density at radius 3 is 0.571 bits per heavy atom. The van der Waals surface area contributed by atoms with Crippen LogP contribution in [0.4, 0.5) is 0 Å². The summed E-state index contributed by atoms with van der Waals surface area (Å²) in [5, 5.41) is 0. The van der Waals surface area contributed by atoms with Gasteiger partial charge in [-0.1, -0.05) is 0 Å². The molecular weight excluding hydrogens is 350 g/mol. The number of phosphoric acid groups is 2. The van der Waals surface area contributed by atoms with Crippen LogP contribution in [0.25, 0.3) is 0 Å². The quantitative estimate of drug-likeness (QED) is 0.305. The van der Waals surface area contributed by atoms with Gasteiger partial charge in [0.1, 0.15) is 0 Å². The zero-order chi connectivity index (χ0) is 9.00. The fraction of sp³-hybridized carbons (Fsp3) is 0. The van der Waals surface area contributed by atoms with Crippen molar-refractivity contribution in [3.8, 4) is 0 Å². The van der Waals surface area contributed by atoms with Crippen molar-refractivity contribution < 1.29 is 38.5 Å². The van der Waals surface area contributed by atoms with Crippen LogP contribution in [0.3, 0.4) is 0 Å². The Kier molecular flexibility index (Phi) is 43.9. The molecule has 0 aliphatic heterocycles. The van der Waals surface area contributed by atoms with Crippen molar-refractivity contribution in [2.75, 3.05) is 0 Å². The standard InChI is InChI=1S/3Mg.2H3O4P.Sr.2H/c;;;2*1-5(2,3)4;;;/h;;;2*(H3,1,2,3,4);;;/q3*+2;;;;;/p-6. The zero-order valence-electron chi connectivity index (χ0n) is 6.28. The molecule has 0 aromatic rings. The zero-order valence-corrected chi connectivity index (χ0v) is 12.3. The minimum absolute atomic E-state index is 0. The molecule has 0 fully saturated rings. The van der Waals surface area contributed by atoms with Gasteiger partial charge in [-0.2, -0.15) is 15.6 Å². The molecule has 0 aliphatic carbocycles. The second-order valence-electron chi connectivity index (χ2n) is 0.894. The van der Waals surface area contributed by atoms with E-state index in [4.69, 9.17) is 38.5 Å². The van der Waals surface area contributed by atoms with Gasteiger partial charge in [0.25, 0.3) is 0 Å². The Morgan fingerprint density at radius 1 is 0.571 bits per heavy atom. The van der Waals surface area contributed by atoms with Crippen LogP contribution in [0, 0.1) is 0 Å². The Bertz CT molecular complexity index is 135. The second kappa shape index (κ2) is 17.0. The van der Waals surface area contributed by atoms with Crippen molar-refractivity contribution in [1.29, 1.82) is 0 Å². The molecule has 14 heteroatoms. The third-order valence-corrected chi connectivity index (χ3v) is 0. The molecule has 0 atom stereocenters. The Hall–Kier alpha value is 4.00. The Balaban J connectivity index is -0.0000000178. The van der Waals surface area contributed by atoms with Crippen LogP contribution in [0.2, 0.25) is 0 Å². The van der Waals surface area contributed by atoms with Crippen LogP contribution in [-0.4, -0.2) is 115 Å².